The van der Waals surface area contributed by atoms with Gasteiger partial charge in [-0.05, 0) is 36.4 Å². The van der Waals surface area contributed by atoms with Gasteiger partial charge in [-0.1, -0.05) is 6.07 Å². The highest BCUT2D eigenvalue weighted by Gasteiger charge is 2.11. The summed E-state index contributed by atoms with van der Waals surface area (Å²) in [4.78, 5) is 22.7. The number of aromatic nitrogens is 3. The van der Waals surface area contributed by atoms with Gasteiger partial charge < -0.3 is 15.3 Å². The highest BCUT2D eigenvalue weighted by atomic mass is 16.1. The predicted molar refractivity (Wildman–Crippen MR) is 82.3 cm³/mol. The molecule has 5 nitrogen and oxygen atoms in total. The van der Waals surface area contributed by atoms with Gasteiger partial charge in [0.1, 0.15) is 0 Å². The molecule has 2 aromatic carbocycles. The number of carbonyl (C=O) groups excluding carboxylic acids is 1. The number of nitrogens with one attached hydrogen (secondary N) is 3. The zero-order valence-electron chi connectivity index (χ0n) is 11.1. The second-order valence-electron chi connectivity index (χ2n) is 4.83. The lowest BCUT2D eigenvalue weighted by atomic mass is 10.1. The third kappa shape index (κ3) is 1.95. The number of nitrogens with zero attached hydrogens (tertiary/aromatic N) is 1. The molecule has 21 heavy (non-hydrogen) atoms. The van der Waals surface area contributed by atoms with Crippen molar-refractivity contribution in [2.24, 2.45) is 0 Å². The van der Waals surface area contributed by atoms with E-state index in [1.165, 1.54) is 0 Å². The zero-order chi connectivity index (χ0) is 14.2. The van der Waals surface area contributed by atoms with Gasteiger partial charge in [-0.15, -0.1) is 0 Å². The van der Waals surface area contributed by atoms with Crippen LogP contribution in [0.25, 0.3) is 21.9 Å². The molecule has 0 aliphatic rings. The van der Waals surface area contributed by atoms with Gasteiger partial charge in [0.25, 0.3) is 5.91 Å². The topological polar surface area (TPSA) is 73.6 Å². The average molecular weight is 276 g/mol. The van der Waals surface area contributed by atoms with E-state index in [9.17, 15) is 4.79 Å². The minimum atomic E-state index is -0.126. The molecule has 4 aromatic rings. The number of carbonyl (C=O) groups is 1. The van der Waals surface area contributed by atoms with E-state index in [0.29, 0.717) is 5.56 Å². The Kier molecular flexibility index (Phi) is 2.50. The number of fused-ring (bicyclic) bond motifs is 2. The maximum absolute atomic E-state index is 12.4. The van der Waals surface area contributed by atoms with Crippen LogP contribution < -0.4 is 5.32 Å². The van der Waals surface area contributed by atoms with E-state index in [1.54, 1.807) is 6.33 Å². The molecule has 0 aliphatic heterocycles. The number of H-pyrrole nitrogens is 2. The van der Waals surface area contributed by atoms with Gasteiger partial charge in [0, 0.05) is 28.4 Å². The predicted octanol–water partition coefficient (Wildman–Crippen LogP) is 3.30. The summed E-state index contributed by atoms with van der Waals surface area (Å²) in [6.07, 6.45) is 3.47. The molecule has 2 heterocycles. The van der Waals surface area contributed by atoms with Crippen LogP contribution in [0.4, 0.5) is 5.69 Å². The van der Waals surface area contributed by atoms with Crippen molar-refractivity contribution in [3.63, 3.8) is 0 Å². The van der Waals surface area contributed by atoms with E-state index in [0.717, 1.165) is 27.6 Å². The molecule has 0 radical (unpaired) electrons. The summed E-state index contributed by atoms with van der Waals surface area (Å²) in [6.45, 7) is 0. The number of aromatic amines is 2. The first-order chi connectivity index (χ1) is 10.3. The van der Waals surface area contributed by atoms with E-state index >= 15 is 0 Å². The molecule has 3 N–H and O–H groups in total. The Bertz CT molecular complexity index is 951. The minimum absolute atomic E-state index is 0.126. The van der Waals surface area contributed by atoms with Crippen molar-refractivity contribution < 1.29 is 4.79 Å². The molecule has 4 rings (SSSR count). The summed E-state index contributed by atoms with van der Waals surface area (Å²) >= 11 is 0. The monoisotopic (exact) mass is 276 g/mol. The maximum atomic E-state index is 12.4. The Labute approximate surface area is 120 Å². The lowest BCUT2D eigenvalue weighted by Crippen LogP contribution is -2.12. The molecule has 0 saturated heterocycles. The van der Waals surface area contributed by atoms with Gasteiger partial charge in [-0.3, -0.25) is 4.79 Å². The molecular weight excluding hydrogens is 264 g/mol. The van der Waals surface area contributed by atoms with Crippen molar-refractivity contribution in [2.45, 2.75) is 0 Å². The molecule has 0 spiro atoms. The third-order valence-electron chi connectivity index (χ3n) is 3.52. The van der Waals surface area contributed by atoms with Crippen LogP contribution in [-0.2, 0) is 0 Å². The summed E-state index contributed by atoms with van der Waals surface area (Å²) in [5.74, 6) is -0.126. The van der Waals surface area contributed by atoms with Crippen molar-refractivity contribution in [3.05, 3.63) is 60.6 Å². The van der Waals surface area contributed by atoms with E-state index in [-0.39, 0.29) is 5.91 Å². The highest BCUT2D eigenvalue weighted by Crippen LogP contribution is 2.20. The standard InChI is InChI=1S/C16H12N4O/c21-16(12-2-1-3-13-11(12)6-7-17-13)20-10-4-5-14-15(8-10)19-9-18-14/h1-9,17H,(H,18,19)(H,20,21). The molecule has 2 aromatic heterocycles. The number of benzene rings is 2. The van der Waals surface area contributed by atoms with Crippen LogP contribution >= 0.6 is 0 Å². The second-order valence-corrected chi connectivity index (χ2v) is 4.83. The largest absolute Gasteiger partial charge is 0.361 e. The Morgan fingerprint density at radius 1 is 1.05 bits per heavy atom. The van der Waals surface area contributed by atoms with E-state index in [2.05, 4.69) is 20.3 Å². The van der Waals surface area contributed by atoms with Gasteiger partial charge >= 0.3 is 0 Å². The van der Waals surface area contributed by atoms with Crippen LogP contribution in [0, 0.1) is 0 Å². The normalized spacial score (nSPS) is 11.0. The van der Waals surface area contributed by atoms with E-state index in [1.807, 2.05) is 48.7 Å². The molecule has 102 valence electrons. The first kappa shape index (κ1) is 11.7. The van der Waals surface area contributed by atoms with Crippen molar-refractivity contribution >= 4 is 33.5 Å². The second kappa shape index (κ2) is 4.49. The Balaban J connectivity index is 1.70. The number of rotatable bonds is 2. The zero-order valence-corrected chi connectivity index (χ0v) is 11.1. The molecule has 0 bridgehead atoms. The molecule has 0 fully saturated rings. The Morgan fingerprint density at radius 2 is 2.00 bits per heavy atom. The Morgan fingerprint density at radius 3 is 2.95 bits per heavy atom. The molecule has 0 unspecified atom stereocenters. The first-order valence-electron chi connectivity index (χ1n) is 6.62. The molecule has 5 heteroatoms. The number of anilines is 1. The molecular formula is C16H12N4O. The smallest absolute Gasteiger partial charge is 0.256 e. The first-order valence-corrected chi connectivity index (χ1v) is 6.62. The molecule has 1 amide bonds. The number of hydrogen-bond acceptors (Lipinski definition) is 2. The van der Waals surface area contributed by atoms with Crippen LogP contribution in [0.1, 0.15) is 10.4 Å². The number of imidazole rings is 1. The van der Waals surface area contributed by atoms with Crippen LogP contribution in [0.5, 0.6) is 0 Å². The quantitative estimate of drug-likeness (QED) is 0.525. The lowest BCUT2D eigenvalue weighted by Gasteiger charge is -2.06. The van der Waals surface area contributed by atoms with Gasteiger partial charge in [0.05, 0.1) is 17.4 Å². The van der Waals surface area contributed by atoms with Gasteiger partial charge in [0.2, 0.25) is 0 Å². The molecule has 0 aliphatic carbocycles. The number of hydrogen-bond donors (Lipinski definition) is 3. The van der Waals surface area contributed by atoms with Crippen molar-refractivity contribution in [1.82, 2.24) is 15.0 Å². The minimum Gasteiger partial charge on any atom is -0.361 e. The Hall–Kier alpha value is -3.08. The summed E-state index contributed by atoms with van der Waals surface area (Å²) in [7, 11) is 0. The number of amides is 1. The molecule has 0 atom stereocenters. The van der Waals surface area contributed by atoms with Crippen molar-refractivity contribution in [1.29, 1.82) is 0 Å². The van der Waals surface area contributed by atoms with Crippen LogP contribution in [0.2, 0.25) is 0 Å². The summed E-state index contributed by atoms with van der Waals surface area (Å²) in [5, 5.41) is 3.84. The fourth-order valence-corrected chi connectivity index (χ4v) is 2.50. The van der Waals surface area contributed by atoms with Gasteiger partial charge in [0.15, 0.2) is 0 Å². The van der Waals surface area contributed by atoms with Gasteiger partial charge in [-0.25, -0.2) is 4.98 Å². The van der Waals surface area contributed by atoms with E-state index in [4.69, 9.17) is 0 Å². The third-order valence-corrected chi connectivity index (χ3v) is 3.52. The van der Waals surface area contributed by atoms with Crippen molar-refractivity contribution in [2.75, 3.05) is 5.32 Å². The summed E-state index contributed by atoms with van der Waals surface area (Å²) in [5.41, 5.74) is 4.11. The maximum Gasteiger partial charge on any atom is 0.256 e. The van der Waals surface area contributed by atoms with Crippen molar-refractivity contribution in [3.8, 4) is 0 Å². The summed E-state index contributed by atoms with van der Waals surface area (Å²) in [6, 6.07) is 13.1. The summed E-state index contributed by atoms with van der Waals surface area (Å²) < 4.78 is 0. The fourth-order valence-electron chi connectivity index (χ4n) is 2.50. The van der Waals surface area contributed by atoms with Crippen LogP contribution in [-0.4, -0.2) is 20.9 Å². The van der Waals surface area contributed by atoms with Crippen LogP contribution in [0.3, 0.4) is 0 Å². The highest BCUT2D eigenvalue weighted by molar-refractivity contribution is 6.12. The van der Waals surface area contributed by atoms with Gasteiger partial charge in [-0.2, -0.15) is 0 Å². The lowest BCUT2D eigenvalue weighted by molar-refractivity contribution is 0.102. The van der Waals surface area contributed by atoms with Crippen LogP contribution in [0.15, 0.2) is 55.0 Å². The SMILES string of the molecule is O=C(Nc1ccc2nc[nH]c2c1)c1cccc2[nH]ccc12. The molecule has 0 saturated carbocycles. The van der Waals surface area contributed by atoms with E-state index < -0.39 is 0 Å². The fraction of sp³-hybridized carbons (Fsp3) is 0. The average Bonchev–Trinajstić information content (AvgIpc) is 3.14.